The Balaban J connectivity index is 1.81. The Bertz CT molecular complexity index is 371. The molecule has 0 aliphatic carbocycles. The molecule has 1 aliphatic rings. The second-order valence-electron chi connectivity index (χ2n) is 6.70. The molecule has 1 rings (SSSR count). The average Bonchev–Trinajstić information content (AvgIpc) is 2.85. The number of hydrogen-bond donors (Lipinski definition) is 0. The van der Waals surface area contributed by atoms with Gasteiger partial charge >= 0.3 is 11.9 Å². The average molecular weight is 322 g/mol. The number of hydrogen-bond acceptors (Lipinski definition) is 3. The first-order valence-electron chi connectivity index (χ1n) is 9.68. The Kier molecular flexibility index (Phi) is 11.5. The summed E-state index contributed by atoms with van der Waals surface area (Å²) in [6.45, 7) is 2.26. The van der Waals surface area contributed by atoms with Crippen LogP contribution in [0.15, 0.2) is 11.6 Å². The first-order valence-corrected chi connectivity index (χ1v) is 9.68. The maximum absolute atomic E-state index is 11.2. The minimum atomic E-state index is -0.440. The Morgan fingerprint density at radius 3 is 1.70 bits per heavy atom. The van der Waals surface area contributed by atoms with E-state index in [1.165, 1.54) is 77.0 Å². The molecule has 0 radical (unpaired) electrons. The molecule has 0 bridgehead atoms. The van der Waals surface area contributed by atoms with E-state index in [0.717, 1.165) is 12.8 Å². The molecule has 0 spiro atoms. The van der Waals surface area contributed by atoms with Gasteiger partial charge in [0.1, 0.15) is 0 Å². The monoisotopic (exact) mass is 322 g/mol. The van der Waals surface area contributed by atoms with Crippen molar-refractivity contribution in [3.05, 3.63) is 11.6 Å². The summed E-state index contributed by atoms with van der Waals surface area (Å²) in [5.41, 5.74) is 0.550. The van der Waals surface area contributed by atoms with Crippen LogP contribution in [0.1, 0.15) is 103 Å². The van der Waals surface area contributed by atoms with Gasteiger partial charge in [0, 0.05) is 5.57 Å². The van der Waals surface area contributed by atoms with Gasteiger partial charge in [0.15, 0.2) is 0 Å². The lowest BCUT2D eigenvalue weighted by atomic mass is 10.0. The Morgan fingerprint density at radius 1 is 0.783 bits per heavy atom. The molecular formula is C20H34O3. The molecule has 1 heterocycles. The fraction of sp³-hybridized carbons (Fsp3) is 0.800. The lowest BCUT2D eigenvalue weighted by Crippen LogP contribution is -1.96. The van der Waals surface area contributed by atoms with Crippen LogP contribution in [0.4, 0.5) is 0 Å². The summed E-state index contributed by atoms with van der Waals surface area (Å²) in [5.74, 6) is -0.851. The molecule has 1 saturated heterocycles. The fourth-order valence-corrected chi connectivity index (χ4v) is 3.03. The summed E-state index contributed by atoms with van der Waals surface area (Å²) in [4.78, 5) is 22.2. The highest BCUT2D eigenvalue weighted by molar-refractivity contribution is 6.05. The molecule has 0 aromatic rings. The quantitative estimate of drug-likeness (QED) is 0.174. The molecule has 3 nitrogen and oxygen atoms in total. The van der Waals surface area contributed by atoms with Crippen molar-refractivity contribution in [3.8, 4) is 0 Å². The highest BCUT2D eigenvalue weighted by Gasteiger charge is 2.26. The Morgan fingerprint density at radius 2 is 1.26 bits per heavy atom. The van der Waals surface area contributed by atoms with Crippen molar-refractivity contribution in [1.29, 1.82) is 0 Å². The summed E-state index contributed by atoms with van der Waals surface area (Å²) < 4.78 is 4.50. The van der Waals surface area contributed by atoms with E-state index in [4.69, 9.17) is 0 Å². The molecule has 0 aromatic heterocycles. The second kappa shape index (κ2) is 13.3. The van der Waals surface area contributed by atoms with Crippen molar-refractivity contribution in [3.63, 3.8) is 0 Å². The highest BCUT2D eigenvalue weighted by atomic mass is 16.6. The molecule has 3 heteroatoms. The van der Waals surface area contributed by atoms with Crippen molar-refractivity contribution in [2.24, 2.45) is 0 Å². The lowest BCUT2D eigenvalue weighted by Gasteiger charge is -2.02. The summed E-state index contributed by atoms with van der Waals surface area (Å²) in [6, 6.07) is 0. The predicted octanol–water partition coefficient (Wildman–Crippen LogP) is 5.87. The molecule has 23 heavy (non-hydrogen) atoms. The third-order valence-corrected chi connectivity index (χ3v) is 4.50. The van der Waals surface area contributed by atoms with Gasteiger partial charge in [-0.2, -0.15) is 0 Å². The number of carbonyl (C=O) groups excluding carboxylic acids is 2. The lowest BCUT2D eigenvalue weighted by molar-refractivity contribution is -0.151. The van der Waals surface area contributed by atoms with Gasteiger partial charge in [-0.1, -0.05) is 90.0 Å². The van der Waals surface area contributed by atoms with Gasteiger partial charge in [0.05, 0.1) is 6.42 Å². The van der Waals surface area contributed by atoms with Crippen LogP contribution in [-0.4, -0.2) is 11.9 Å². The van der Waals surface area contributed by atoms with E-state index in [1.807, 2.05) is 6.08 Å². The molecule has 1 aliphatic heterocycles. The summed E-state index contributed by atoms with van der Waals surface area (Å²) in [5, 5.41) is 0. The topological polar surface area (TPSA) is 43.4 Å². The number of ether oxygens (including phenoxy) is 1. The molecule has 0 atom stereocenters. The number of rotatable bonds is 14. The molecule has 0 aromatic carbocycles. The van der Waals surface area contributed by atoms with E-state index in [-0.39, 0.29) is 6.42 Å². The largest absolute Gasteiger partial charge is 0.389 e. The molecular weight excluding hydrogens is 288 g/mol. The third-order valence-electron chi connectivity index (χ3n) is 4.50. The van der Waals surface area contributed by atoms with Crippen molar-refractivity contribution >= 4 is 11.9 Å². The summed E-state index contributed by atoms with van der Waals surface area (Å²) in [6.07, 6.45) is 20.4. The molecule has 0 N–H and O–H groups in total. The van der Waals surface area contributed by atoms with E-state index in [1.54, 1.807) is 0 Å². The van der Waals surface area contributed by atoms with Gasteiger partial charge in [-0.25, -0.2) is 4.79 Å². The molecule has 132 valence electrons. The maximum Gasteiger partial charge on any atom is 0.341 e. The number of cyclic esters (lactones) is 2. The number of unbranched alkanes of at least 4 members (excludes halogenated alkanes) is 13. The van der Waals surface area contributed by atoms with Crippen LogP contribution >= 0.6 is 0 Å². The maximum atomic E-state index is 11.2. The Hall–Kier alpha value is -1.12. The van der Waals surface area contributed by atoms with E-state index in [2.05, 4.69) is 11.7 Å². The van der Waals surface area contributed by atoms with Crippen LogP contribution in [0.25, 0.3) is 0 Å². The van der Waals surface area contributed by atoms with E-state index in [0.29, 0.717) is 5.57 Å². The Labute approximate surface area is 141 Å². The van der Waals surface area contributed by atoms with Gasteiger partial charge in [0.2, 0.25) is 0 Å². The van der Waals surface area contributed by atoms with Crippen molar-refractivity contribution in [1.82, 2.24) is 0 Å². The van der Waals surface area contributed by atoms with Crippen molar-refractivity contribution in [2.75, 3.05) is 0 Å². The van der Waals surface area contributed by atoms with Crippen molar-refractivity contribution in [2.45, 2.75) is 103 Å². The third kappa shape index (κ3) is 10.3. The highest BCUT2D eigenvalue weighted by Crippen LogP contribution is 2.17. The molecule has 0 unspecified atom stereocenters. The summed E-state index contributed by atoms with van der Waals surface area (Å²) in [7, 11) is 0. The minimum absolute atomic E-state index is 0.164. The second-order valence-corrected chi connectivity index (χ2v) is 6.70. The normalized spacial score (nSPS) is 16.3. The first kappa shape index (κ1) is 19.9. The summed E-state index contributed by atoms with van der Waals surface area (Å²) >= 11 is 0. The molecule has 1 fully saturated rings. The van der Waals surface area contributed by atoms with Crippen LogP contribution in [-0.2, 0) is 14.3 Å². The SMILES string of the molecule is CCCCCCCCCCCCCCCC=C1CC(=O)OC1=O. The predicted molar refractivity (Wildman–Crippen MR) is 94.1 cm³/mol. The van der Waals surface area contributed by atoms with Gasteiger partial charge in [-0.3, -0.25) is 4.79 Å². The minimum Gasteiger partial charge on any atom is -0.389 e. The zero-order valence-corrected chi connectivity index (χ0v) is 14.9. The van der Waals surface area contributed by atoms with E-state index < -0.39 is 11.9 Å². The first-order chi connectivity index (χ1) is 11.2. The van der Waals surface area contributed by atoms with Gasteiger partial charge < -0.3 is 4.74 Å². The van der Waals surface area contributed by atoms with Crippen LogP contribution in [0, 0.1) is 0 Å². The van der Waals surface area contributed by atoms with Gasteiger partial charge in [-0.05, 0) is 12.8 Å². The van der Waals surface area contributed by atoms with Crippen LogP contribution in [0.5, 0.6) is 0 Å². The number of esters is 2. The molecule has 0 amide bonds. The molecule has 0 saturated carbocycles. The standard InChI is InChI=1S/C20H34O3/c1-2-3-4-5-6-7-8-9-10-11-12-13-14-15-16-18-17-19(21)23-20(18)22/h16H,2-15,17H2,1H3. The zero-order chi connectivity index (χ0) is 16.8. The van der Waals surface area contributed by atoms with Gasteiger partial charge in [0.25, 0.3) is 0 Å². The van der Waals surface area contributed by atoms with Crippen molar-refractivity contribution < 1.29 is 14.3 Å². The fourth-order valence-electron chi connectivity index (χ4n) is 3.03. The number of allylic oxidation sites excluding steroid dienone is 1. The van der Waals surface area contributed by atoms with Gasteiger partial charge in [-0.15, -0.1) is 0 Å². The van der Waals surface area contributed by atoms with E-state index in [9.17, 15) is 9.59 Å². The zero-order valence-electron chi connectivity index (χ0n) is 14.9. The smallest absolute Gasteiger partial charge is 0.341 e. The van der Waals surface area contributed by atoms with E-state index >= 15 is 0 Å². The van der Waals surface area contributed by atoms with Crippen LogP contribution < -0.4 is 0 Å². The van der Waals surface area contributed by atoms with Crippen LogP contribution in [0.2, 0.25) is 0 Å². The van der Waals surface area contributed by atoms with Crippen LogP contribution in [0.3, 0.4) is 0 Å². The number of carbonyl (C=O) groups is 2.